The lowest BCUT2D eigenvalue weighted by Crippen LogP contribution is -2.56. The fourth-order valence-corrected chi connectivity index (χ4v) is 3.59. The summed E-state index contributed by atoms with van der Waals surface area (Å²) in [4.78, 5) is 20.7. The van der Waals surface area contributed by atoms with Gasteiger partial charge < -0.3 is 9.80 Å². The molecule has 1 unspecified atom stereocenters. The summed E-state index contributed by atoms with van der Waals surface area (Å²) in [6.07, 6.45) is 0.732. The van der Waals surface area contributed by atoms with Crippen LogP contribution in [0.15, 0.2) is 40.2 Å². The molecule has 0 aromatic heterocycles. The van der Waals surface area contributed by atoms with E-state index in [0.29, 0.717) is 31.0 Å². The summed E-state index contributed by atoms with van der Waals surface area (Å²) in [5, 5.41) is 0. The van der Waals surface area contributed by atoms with E-state index in [0.717, 1.165) is 12.5 Å². The van der Waals surface area contributed by atoms with Gasteiger partial charge in [-0.1, -0.05) is 39.8 Å². The summed E-state index contributed by atoms with van der Waals surface area (Å²) in [6.45, 7) is 15.7. The highest BCUT2D eigenvalue weighted by molar-refractivity contribution is 6.03. The maximum absolute atomic E-state index is 13.8. The molecule has 1 fully saturated rings. The van der Waals surface area contributed by atoms with Crippen molar-refractivity contribution in [3.05, 3.63) is 35.2 Å². The van der Waals surface area contributed by atoms with E-state index in [-0.39, 0.29) is 17.5 Å². The van der Waals surface area contributed by atoms with E-state index < -0.39 is 17.2 Å². The van der Waals surface area contributed by atoms with Crippen LogP contribution in [0.4, 0.5) is 13.2 Å². The number of alkyl halides is 3. The lowest BCUT2D eigenvalue weighted by Gasteiger charge is -2.44. The Labute approximate surface area is 179 Å². The monoisotopic (exact) mass is 427 g/mol. The van der Waals surface area contributed by atoms with E-state index in [9.17, 15) is 18.0 Å². The number of hydrogen-bond acceptors (Lipinski definition) is 3. The van der Waals surface area contributed by atoms with Gasteiger partial charge in [-0.3, -0.25) is 9.79 Å². The molecule has 1 amide bonds. The summed E-state index contributed by atoms with van der Waals surface area (Å²) >= 11 is 0. The second kappa shape index (κ2) is 10.3. The molecule has 1 aliphatic heterocycles. The molecule has 1 rings (SSSR count). The molecule has 1 atom stereocenters. The molecule has 0 saturated carbocycles. The number of amides is 1. The third kappa shape index (κ3) is 6.47. The van der Waals surface area contributed by atoms with Crippen molar-refractivity contribution in [1.82, 2.24) is 9.80 Å². The van der Waals surface area contributed by atoms with Crippen LogP contribution in [0.2, 0.25) is 0 Å². The van der Waals surface area contributed by atoms with Crippen molar-refractivity contribution in [2.75, 3.05) is 19.6 Å². The summed E-state index contributed by atoms with van der Waals surface area (Å²) in [7, 11) is 0. The van der Waals surface area contributed by atoms with E-state index in [1.807, 2.05) is 44.4 Å². The topological polar surface area (TPSA) is 35.9 Å². The Morgan fingerprint density at radius 2 is 1.77 bits per heavy atom. The van der Waals surface area contributed by atoms with Gasteiger partial charge in [0.05, 0.1) is 5.57 Å². The normalized spacial score (nSPS) is 20.7. The maximum atomic E-state index is 13.8. The van der Waals surface area contributed by atoms with Crippen molar-refractivity contribution in [1.29, 1.82) is 0 Å². The van der Waals surface area contributed by atoms with Crippen LogP contribution in [0, 0.1) is 5.41 Å². The van der Waals surface area contributed by atoms with Crippen LogP contribution in [-0.2, 0) is 4.79 Å². The molecular weight excluding hydrogens is 391 g/mol. The first-order chi connectivity index (χ1) is 13.8. The molecule has 0 aliphatic carbocycles. The lowest BCUT2D eigenvalue weighted by atomic mass is 9.93. The molecular formula is C23H36F3N3O. The number of halogens is 3. The number of piperazine rings is 1. The van der Waals surface area contributed by atoms with Crippen LogP contribution in [0.1, 0.15) is 61.8 Å². The Kier molecular flexibility index (Phi) is 8.93. The molecule has 0 aromatic carbocycles. The summed E-state index contributed by atoms with van der Waals surface area (Å²) < 4.78 is 41.3. The average Bonchev–Trinajstić information content (AvgIpc) is 2.63. The highest BCUT2D eigenvalue weighted by Gasteiger charge is 2.39. The van der Waals surface area contributed by atoms with Gasteiger partial charge in [0.2, 0.25) is 5.91 Å². The first-order valence-electron chi connectivity index (χ1n) is 10.5. The third-order valence-electron chi connectivity index (χ3n) is 5.20. The van der Waals surface area contributed by atoms with Gasteiger partial charge in [-0.05, 0) is 34.1 Å². The number of rotatable bonds is 5. The van der Waals surface area contributed by atoms with Crippen molar-refractivity contribution in [3.63, 3.8) is 0 Å². The van der Waals surface area contributed by atoms with E-state index in [1.54, 1.807) is 26.1 Å². The van der Waals surface area contributed by atoms with E-state index in [1.165, 1.54) is 6.92 Å². The quantitative estimate of drug-likeness (QED) is 0.415. The van der Waals surface area contributed by atoms with Crippen molar-refractivity contribution in [3.8, 4) is 0 Å². The molecule has 7 heteroatoms. The zero-order valence-electron chi connectivity index (χ0n) is 19.5. The largest absolute Gasteiger partial charge is 0.416 e. The van der Waals surface area contributed by atoms with E-state index >= 15 is 0 Å². The van der Waals surface area contributed by atoms with Crippen molar-refractivity contribution in [2.45, 2.75) is 74.0 Å². The number of carbonyl (C=O) groups is 1. The van der Waals surface area contributed by atoms with Crippen LogP contribution < -0.4 is 0 Å². The Bertz CT molecular complexity index is 740. The van der Waals surface area contributed by atoms with Crippen LogP contribution in [0.25, 0.3) is 0 Å². The highest BCUT2D eigenvalue weighted by atomic mass is 19.4. The number of carbonyl (C=O) groups excluding carboxylic acids is 1. The average molecular weight is 428 g/mol. The molecule has 1 saturated heterocycles. The van der Waals surface area contributed by atoms with Crippen molar-refractivity contribution >= 4 is 11.6 Å². The first-order valence-corrected chi connectivity index (χ1v) is 10.5. The molecule has 4 nitrogen and oxygen atoms in total. The Balaban J connectivity index is 3.35. The van der Waals surface area contributed by atoms with Gasteiger partial charge in [0.1, 0.15) is 0 Å². The van der Waals surface area contributed by atoms with Crippen LogP contribution in [0.5, 0.6) is 0 Å². The summed E-state index contributed by atoms with van der Waals surface area (Å²) in [5.41, 5.74) is -0.222. The van der Waals surface area contributed by atoms with Crippen molar-refractivity contribution < 1.29 is 18.0 Å². The SMILES string of the molecule is C\C=C(C(/C(C)=N/C=C/CC)=C(/C)N1CCN(C(=O)C(C)(C)C)C(C)C1)\C(F)(F)F. The molecule has 1 aliphatic rings. The lowest BCUT2D eigenvalue weighted by molar-refractivity contribution is -0.143. The zero-order chi connectivity index (χ0) is 23.3. The fourth-order valence-electron chi connectivity index (χ4n) is 3.59. The van der Waals surface area contributed by atoms with Crippen molar-refractivity contribution in [2.24, 2.45) is 10.4 Å². The highest BCUT2D eigenvalue weighted by Crippen LogP contribution is 2.35. The fraction of sp³-hybridized carbons (Fsp3) is 0.652. The Morgan fingerprint density at radius 1 is 1.17 bits per heavy atom. The zero-order valence-corrected chi connectivity index (χ0v) is 19.5. The van der Waals surface area contributed by atoms with Gasteiger partial charge in [-0.25, -0.2) is 0 Å². The number of allylic oxidation sites excluding steroid dienone is 5. The van der Waals surface area contributed by atoms with Gasteiger partial charge in [0.15, 0.2) is 0 Å². The second-order valence-electron chi connectivity index (χ2n) is 8.71. The molecule has 30 heavy (non-hydrogen) atoms. The molecule has 0 spiro atoms. The van der Waals surface area contributed by atoms with Crippen LogP contribution >= 0.6 is 0 Å². The molecule has 0 aromatic rings. The molecule has 0 N–H and O–H groups in total. The Hall–Kier alpha value is -2.05. The van der Waals surface area contributed by atoms with E-state index in [2.05, 4.69) is 4.99 Å². The van der Waals surface area contributed by atoms with Gasteiger partial charge in [0, 0.05) is 54.3 Å². The van der Waals surface area contributed by atoms with Crippen LogP contribution in [0.3, 0.4) is 0 Å². The minimum atomic E-state index is -4.48. The minimum absolute atomic E-state index is 0.0587. The predicted molar refractivity (Wildman–Crippen MR) is 117 cm³/mol. The van der Waals surface area contributed by atoms with Gasteiger partial charge >= 0.3 is 6.18 Å². The third-order valence-corrected chi connectivity index (χ3v) is 5.20. The maximum Gasteiger partial charge on any atom is 0.416 e. The Morgan fingerprint density at radius 3 is 2.20 bits per heavy atom. The predicted octanol–water partition coefficient (Wildman–Crippen LogP) is 5.73. The second-order valence-corrected chi connectivity index (χ2v) is 8.71. The smallest absolute Gasteiger partial charge is 0.371 e. The molecule has 170 valence electrons. The van der Waals surface area contributed by atoms with Gasteiger partial charge in [0.25, 0.3) is 0 Å². The summed E-state index contributed by atoms with van der Waals surface area (Å²) in [5.74, 6) is 0.0587. The molecule has 1 heterocycles. The van der Waals surface area contributed by atoms with Crippen LogP contribution in [-0.4, -0.2) is 53.3 Å². The molecule has 0 radical (unpaired) electrons. The van der Waals surface area contributed by atoms with Gasteiger partial charge in [-0.2, -0.15) is 13.2 Å². The standard InChI is InChI=1S/C23H36F3N3O/c1-9-11-12-27-17(4)20(19(10-2)23(24,25)26)18(5)28-13-14-29(16(3)15-28)21(30)22(6,7)8/h10-12,16H,9,13-15H2,1-8H3/b12-11+,19-10+,20-18-,27-17+. The minimum Gasteiger partial charge on any atom is -0.371 e. The number of nitrogens with zero attached hydrogens (tertiary/aromatic N) is 3. The molecule has 0 bridgehead atoms. The number of hydrogen-bond donors (Lipinski definition) is 0. The first kappa shape index (κ1) is 26.0. The van der Waals surface area contributed by atoms with E-state index in [4.69, 9.17) is 0 Å². The van der Waals surface area contributed by atoms with Gasteiger partial charge in [-0.15, -0.1) is 0 Å². The summed E-state index contributed by atoms with van der Waals surface area (Å²) in [6, 6.07) is -0.0983. The number of aliphatic imine (C=N–C) groups is 1.